The fourth-order valence-corrected chi connectivity index (χ4v) is 4.35. The first kappa shape index (κ1) is 19.1. The van der Waals surface area contributed by atoms with Crippen LogP contribution < -0.4 is 0 Å². The van der Waals surface area contributed by atoms with Gasteiger partial charge in [-0.15, -0.1) is 0 Å². The summed E-state index contributed by atoms with van der Waals surface area (Å²) in [5, 5.41) is 0.222. The summed E-state index contributed by atoms with van der Waals surface area (Å²) in [6.45, 7) is 1.63. The number of carbonyl (C=O) groups is 1. The number of hydrogen-bond donors (Lipinski definition) is 0. The molecule has 0 atom stereocenters. The zero-order valence-corrected chi connectivity index (χ0v) is 14.5. The van der Waals surface area contributed by atoms with Gasteiger partial charge in [0.15, 0.2) is 5.12 Å². The van der Waals surface area contributed by atoms with Crippen LogP contribution in [0.1, 0.15) is 45.4 Å². The van der Waals surface area contributed by atoms with Crippen LogP contribution in [-0.4, -0.2) is 41.0 Å². The van der Waals surface area contributed by atoms with E-state index in [2.05, 4.69) is 0 Å². The van der Waals surface area contributed by atoms with Crippen LogP contribution in [-0.2, 0) is 18.1 Å². The summed E-state index contributed by atoms with van der Waals surface area (Å²) in [5.41, 5.74) is 0. The van der Waals surface area contributed by atoms with Crippen molar-refractivity contribution in [3.05, 3.63) is 0 Å². The van der Waals surface area contributed by atoms with Crippen LogP contribution >= 0.6 is 11.8 Å². The Kier molecular flexibility index (Phi) is 12.0. The van der Waals surface area contributed by atoms with Gasteiger partial charge in [-0.2, -0.15) is 0 Å². The smallest absolute Gasteiger partial charge is 0.377 e. The van der Waals surface area contributed by atoms with Crippen molar-refractivity contribution >= 4 is 25.7 Å². The van der Waals surface area contributed by atoms with Gasteiger partial charge in [-0.1, -0.05) is 37.4 Å². The van der Waals surface area contributed by atoms with Crippen molar-refractivity contribution in [2.24, 2.45) is 0 Å². The van der Waals surface area contributed by atoms with Crippen molar-refractivity contribution in [1.82, 2.24) is 0 Å². The third kappa shape index (κ3) is 9.62. The van der Waals surface area contributed by atoms with Crippen LogP contribution in [0.2, 0.25) is 6.04 Å². The minimum Gasteiger partial charge on any atom is -0.377 e. The summed E-state index contributed by atoms with van der Waals surface area (Å²) < 4.78 is 16.1. The van der Waals surface area contributed by atoms with E-state index in [1.807, 2.05) is 0 Å². The molecule has 0 radical (unpaired) electrons. The highest BCUT2D eigenvalue weighted by molar-refractivity contribution is 8.13. The first-order valence-electron chi connectivity index (χ1n) is 6.89. The quantitative estimate of drug-likeness (QED) is 0.408. The van der Waals surface area contributed by atoms with Gasteiger partial charge in [0, 0.05) is 40.1 Å². The first-order valence-corrected chi connectivity index (χ1v) is 9.81. The van der Waals surface area contributed by atoms with Crippen LogP contribution in [0.25, 0.3) is 0 Å². The minimum atomic E-state index is -2.35. The minimum absolute atomic E-state index is 0.222. The molecule has 6 heteroatoms. The normalized spacial score (nSPS) is 11.8. The second-order valence-corrected chi connectivity index (χ2v) is 8.87. The van der Waals surface area contributed by atoms with Crippen LogP contribution in [0.15, 0.2) is 0 Å². The molecule has 0 heterocycles. The van der Waals surface area contributed by atoms with Crippen LogP contribution in [0.4, 0.5) is 0 Å². The maximum Gasteiger partial charge on any atom is 0.500 e. The highest BCUT2D eigenvalue weighted by Gasteiger charge is 2.36. The van der Waals surface area contributed by atoms with Crippen LogP contribution in [0.5, 0.6) is 0 Å². The predicted molar refractivity (Wildman–Crippen MR) is 82.4 cm³/mol. The van der Waals surface area contributed by atoms with E-state index in [9.17, 15) is 4.79 Å². The Bertz CT molecular complexity index is 226. The molecule has 0 aromatic heterocycles. The van der Waals surface area contributed by atoms with Crippen molar-refractivity contribution < 1.29 is 18.1 Å². The molecule has 0 aromatic rings. The van der Waals surface area contributed by atoms with E-state index >= 15 is 0 Å². The van der Waals surface area contributed by atoms with Gasteiger partial charge in [0.2, 0.25) is 0 Å². The molecule has 0 bridgehead atoms. The number of thioether (sulfide) groups is 1. The lowest BCUT2D eigenvalue weighted by atomic mass is 10.1. The molecule has 0 saturated carbocycles. The average molecular weight is 309 g/mol. The van der Waals surface area contributed by atoms with Gasteiger partial charge in [-0.05, 0) is 12.8 Å². The first-order chi connectivity index (χ1) is 9.10. The average Bonchev–Trinajstić information content (AvgIpc) is 2.41. The van der Waals surface area contributed by atoms with Crippen molar-refractivity contribution in [3.63, 3.8) is 0 Å². The molecule has 19 heavy (non-hydrogen) atoms. The van der Waals surface area contributed by atoms with Crippen LogP contribution in [0.3, 0.4) is 0 Å². The zero-order chi connectivity index (χ0) is 14.6. The van der Waals surface area contributed by atoms with Gasteiger partial charge in [0.05, 0.1) is 0 Å². The lowest BCUT2D eigenvalue weighted by Gasteiger charge is -2.24. The Morgan fingerprint density at radius 3 is 1.84 bits per heavy atom. The number of carbonyl (C=O) groups excluding carboxylic acids is 1. The Hall–Kier alpha value is 0.117. The summed E-state index contributed by atoms with van der Waals surface area (Å²) in [7, 11) is 2.62. The van der Waals surface area contributed by atoms with Crippen LogP contribution in [0, 0.1) is 0 Å². The van der Waals surface area contributed by atoms with Gasteiger partial charge in [-0.3, -0.25) is 4.79 Å². The van der Waals surface area contributed by atoms with Crippen molar-refractivity contribution in [1.29, 1.82) is 0 Å². The summed E-state index contributed by atoms with van der Waals surface area (Å²) in [6, 6.07) is 0.886. The number of hydrogen-bond acceptors (Lipinski definition) is 5. The molecule has 0 fully saturated rings. The number of rotatable bonds is 12. The Balaban J connectivity index is 3.42. The maximum atomic E-state index is 10.7. The Morgan fingerprint density at radius 1 is 0.895 bits per heavy atom. The lowest BCUT2D eigenvalue weighted by molar-refractivity contribution is -0.109. The van der Waals surface area contributed by atoms with Gasteiger partial charge < -0.3 is 13.3 Å². The molecule has 0 amide bonds. The van der Waals surface area contributed by atoms with Gasteiger partial charge in [0.25, 0.3) is 0 Å². The topological polar surface area (TPSA) is 44.8 Å². The summed E-state index contributed by atoms with van der Waals surface area (Å²) in [6.07, 6.45) is 7.08. The van der Waals surface area contributed by atoms with E-state index in [-0.39, 0.29) is 5.12 Å². The van der Waals surface area contributed by atoms with E-state index in [1.165, 1.54) is 37.4 Å². The maximum absolute atomic E-state index is 10.7. The molecule has 4 nitrogen and oxygen atoms in total. The van der Waals surface area contributed by atoms with E-state index in [0.717, 1.165) is 24.6 Å². The monoisotopic (exact) mass is 308 g/mol. The van der Waals surface area contributed by atoms with E-state index in [1.54, 1.807) is 28.3 Å². The van der Waals surface area contributed by atoms with E-state index < -0.39 is 8.80 Å². The summed E-state index contributed by atoms with van der Waals surface area (Å²) in [4.78, 5) is 10.7. The molecule has 0 N–H and O–H groups in total. The molecule has 0 aromatic carbocycles. The molecule has 0 unspecified atom stereocenters. The molecular weight excluding hydrogens is 280 g/mol. The predicted octanol–water partition coefficient (Wildman–Crippen LogP) is 3.48. The van der Waals surface area contributed by atoms with Crippen molar-refractivity contribution in [2.75, 3.05) is 27.1 Å². The largest absolute Gasteiger partial charge is 0.500 e. The SMILES string of the molecule is CO[Si](CCCCCCCCSC(C)=O)(OC)OC. The van der Waals surface area contributed by atoms with E-state index in [4.69, 9.17) is 13.3 Å². The fraction of sp³-hybridized carbons (Fsp3) is 0.923. The Labute approximate surface area is 122 Å². The Morgan fingerprint density at radius 2 is 1.37 bits per heavy atom. The standard InChI is InChI=1S/C13H28O4SSi/c1-13(14)18-11-9-7-5-6-8-10-12-19(15-2,16-3)17-4/h5-12H2,1-4H3. The van der Waals surface area contributed by atoms with Crippen molar-refractivity contribution in [2.45, 2.75) is 51.5 Å². The summed E-state index contributed by atoms with van der Waals surface area (Å²) in [5.74, 6) is 0.961. The second kappa shape index (κ2) is 11.9. The molecule has 0 rings (SSSR count). The van der Waals surface area contributed by atoms with Gasteiger partial charge in [-0.25, -0.2) is 0 Å². The molecule has 114 valence electrons. The number of unbranched alkanes of at least 4 members (excludes halogenated alkanes) is 5. The van der Waals surface area contributed by atoms with E-state index in [0.29, 0.717) is 0 Å². The lowest BCUT2D eigenvalue weighted by Crippen LogP contribution is -2.42. The molecule has 0 spiro atoms. The van der Waals surface area contributed by atoms with Crippen molar-refractivity contribution in [3.8, 4) is 0 Å². The second-order valence-electron chi connectivity index (χ2n) is 4.51. The highest BCUT2D eigenvalue weighted by Crippen LogP contribution is 2.18. The molecule has 0 aliphatic carbocycles. The fourth-order valence-electron chi connectivity index (χ4n) is 1.92. The molecular formula is C13H28O4SSi. The third-order valence-electron chi connectivity index (χ3n) is 3.12. The summed E-state index contributed by atoms with van der Waals surface area (Å²) >= 11 is 1.43. The zero-order valence-electron chi connectivity index (χ0n) is 12.7. The third-order valence-corrected chi connectivity index (χ3v) is 6.85. The highest BCUT2D eigenvalue weighted by atomic mass is 32.2. The molecule has 0 saturated heterocycles. The van der Waals surface area contributed by atoms with Gasteiger partial charge in [0.1, 0.15) is 0 Å². The molecule has 0 aliphatic heterocycles. The molecule has 0 aliphatic rings. The van der Waals surface area contributed by atoms with Gasteiger partial charge >= 0.3 is 8.80 Å².